The average molecular weight is 494 g/mol. The fraction of sp³-hybridized carbons (Fsp3) is 0.294. The van der Waals surface area contributed by atoms with Crippen molar-refractivity contribution in [3.63, 3.8) is 0 Å². The van der Waals surface area contributed by atoms with Crippen LogP contribution in [-0.2, 0) is 18.4 Å². The fourth-order valence-electron chi connectivity index (χ4n) is 2.36. The van der Waals surface area contributed by atoms with Crippen LogP contribution in [-0.4, -0.2) is 42.0 Å². The van der Waals surface area contributed by atoms with E-state index >= 15 is 0 Å². The molecule has 2 N–H and O–H groups in total. The predicted octanol–water partition coefficient (Wildman–Crippen LogP) is 3.08. The highest BCUT2D eigenvalue weighted by Gasteiger charge is 2.11. The largest absolute Gasteiger partial charge is 0.351 e. The highest BCUT2D eigenvalue weighted by Crippen LogP contribution is 2.14. The summed E-state index contributed by atoms with van der Waals surface area (Å²) in [4.78, 5) is 18.0. The van der Waals surface area contributed by atoms with E-state index in [4.69, 9.17) is 11.6 Å². The number of hydrogen-bond donors (Lipinski definition) is 2. The molecule has 0 bridgehead atoms. The number of rotatable bonds is 5. The zero-order valence-corrected chi connectivity index (χ0v) is 17.9. The van der Waals surface area contributed by atoms with Crippen molar-refractivity contribution in [1.29, 1.82) is 0 Å². The number of halogens is 3. The van der Waals surface area contributed by atoms with Gasteiger partial charge in [0.2, 0.25) is 5.91 Å². The average Bonchev–Trinajstić information content (AvgIpc) is 2.85. The molecule has 0 spiro atoms. The molecule has 0 unspecified atom stereocenters. The maximum Gasteiger partial charge on any atom is 0.243 e. The maximum atomic E-state index is 13.1. The summed E-state index contributed by atoms with van der Waals surface area (Å²) in [6.07, 6.45) is 1.83. The van der Waals surface area contributed by atoms with Crippen molar-refractivity contribution in [2.75, 3.05) is 26.0 Å². The number of benzene rings is 1. The number of carbonyl (C=O) groups is 1. The summed E-state index contributed by atoms with van der Waals surface area (Å²) in [5.41, 5.74) is 1.42. The Hall–Kier alpha value is -1.81. The van der Waals surface area contributed by atoms with Crippen LogP contribution < -0.4 is 10.6 Å². The van der Waals surface area contributed by atoms with Crippen LogP contribution in [0.3, 0.4) is 0 Å². The van der Waals surface area contributed by atoms with E-state index in [9.17, 15) is 9.18 Å². The van der Waals surface area contributed by atoms with Gasteiger partial charge in [-0.05, 0) is 24.3 Å². The van der Waals surface area contributed by atoms with Gasteiger partial charge in [-0.3, -0.25) is 9.79 Å². The number of guanidine groups is 1. The highest BCUT2D eigenvalue weighted by atomic mass is 127. The summed E-state index contributed by atoms with van der Waals surface area (Å²) < 4.78 is 15.1. The summed E-state index contributed by atoms with van der Waals surface area (Å²) in [5.74, 6) is -0.128. The number of anilines is 1. The van der Waals surface area contributed by atoms with E-state index in [0.717, 1.165) is 5.69 Å². The number of carbonyl (C=O) groups excluding carboxylic acids is 1. The van der Waals surface area contributed by atoms with Gasteiger partial charge < -0.3 is 20.1 Å². The molecular formula is C17H22ClFIN5O. The van der Waals surface area contributed by atoms with Crippen LogP contribution in [0.1, 0.15) is 5.69 Å². The maximum absolute atomic E-state index is 13.1. The lowest BCUT2D eigenvalue weighted by Crippen LogP contribution is -2.42. The number of nitrogens with one attached hydrogen (secondary N) is 2. The predicted molar refractivity (Wildman–Crippen MR) is 114 cm³/mol. The van der Waals surface area contributed by atoms with Crippen molar-refractivity contribution < 1.29 is 9.18 Å². The van der Waals surface area contributed by atoms with Crippen molar-refractivity contribution in [2.45, 2.75) is 6.54 Å². The Morgan fingerprint density at radius 2 is 2.12 bits per heavy atom. The zero-order valence-electron chi connectivity index (χ0n) is 14.8. The molecule has 1 amide bonds. The normalized spacial score (nSPS) is 10.9. The van der Waals surface area contributed by atoms with Gasteiger partial charge in [-0.1, -0.05) is 17.7 Å². The van der Waals surface area contributed by atoms with Crippen molar-refractivity contribution in [3.05, 3.63) is 53.1 Å². The lowest BCUT2D eigenvalue weighted by atomic mass is 10.3. The molecule has 0 radical (unpaired) electrons. The number of amides is 1. The van der Waals surface area contributed by atoms with Gasteiger partial charge in [0.25, 0.3) is 0 Å². The second kappa shape index (κ2) is 10.4. The molecule has 0 fully saturated rings. The molecule has 1 aromatic heterocycles. The number of aliphatic imine (C=N–C) groups is 1. The molecule has 2 aromatic rings. The van der Waals surface area contributed by atoms with E-state index in [2.05, 4.69) is 15.6 Å². The first kappa shape index (κ1) is 22.2. The standard InChI is InChI=1S/C17H21ClFN5O.HI/c1-20-17(24(3)11-15-7-12(18)10-23(15)2)21-9-16(25)22-14-6-4-5-13(19)8-14;/h4-8,10H,9,11H2,1-3H3,(H,20,21)(H,22,25);1H. The van der Waals surface area contributed by atoms with Crippen LogP contribution in [0.4, 0.5) is 10.1 Å². The lowest BCUT2D eigenvalue weighted by Gasteiger charge is -2.22. The summed E-state index contributed by atoms with van der Waals surface area (Å²) in [6, 6.07) is 7.62. The Morgan fingerprint density at radius 1 is 1.38 bits per heavy atom. The van der Waals surface area contributed by atoms with Crippen LogP contribution >= 0.6 is 35.6 Å². The van der Waals surface area contributed by atoms with Crippen molar-refractivity contribution in [1.82, 2.24) is 14.8 Å². The number of aryl methyl sites for hydroxylation is 1. The van der Waals surface area contributed by atoms with Crippen LogP contribution in [0.15, 0.2) is 41.5 Å². The van der Waals surface area contributed by atoms with Crippen LogP contribution in [0.25, 0.3) is 0 Å². The van der Waals surface area contributed by atoms with Gasteiger partial charge in [-0.15, -0.1) is 24.0 Å². The molecule has 0 aliphatic carbocycles. The zero-order chi connectivity index (χ0) is 18.4. The fourth-order valence-corrected chi connectivity index (χ4v) is 2.63. The van der Waals surface area contributed by atoms with Gasteiger partial charge in [0.15, 0.2) is 5.96 Å². The Morgan fingerprint density at radius 3 is 2.69 bits per heavy atom. The molecule has 2 rings (SSSR count). The topological polar surface area (TPSA) is 61.7 Å². The Labute approximate surface area is 174 Å². The Kier molecular flexibility index (Phi) is 8.86. The van der Waals surface area contributed by atoms with E-state index in [1.54, 1.807) is 13.1 Å². The third kappa shape index (κ3) is 6.49. The Balaban J connectivity index is 0.00000338. The van der Waals surface area contributed by atoms with Gasteiger partial charge in [-0.2, -0.15) is 0 Å². The molecule has 0 aliphatic rings. The smallest absolute Gasteiger partial charge is 0.243 e. The Bertz CT molecular complexity index is 780. The van der Waals surface area contributed by atoms with Crippen LogP contribution in [0, 0.1) is 5.82 Å². The molecule has 9 heteroatoms. The van der Waals surface area contributed by atoms with Crippen molar-refractivity contribution in [3.8, 4) is 0 Å². The van der Waals surface area contributed by atoms with Crippen LogP contribution in [0.2, 0.25) is 5.02 Å². The molecule has 26 heavy (non-hydrogen) atoms. The van der Waals surface area contributed by atoms with Gasteiger partial charge >= 0.3 is 0 Å². The first-order valence-electron chi connectivity index (χ1n) is 7.67. The van der Waals surface area contributed by atoms with Crippen LogP contribution in [0.5, 0.6) is 0 Å². The van der Waals surface area contributed by atoms with E-state index in [1.807, 2.05) is 35.8 Å². The summed E-state index contributed by atoms with van der Waals surface area (Å²) in [6.45, 7) is 0.593. The minimum Gasteiger partial charge on any atom is -0.351 e. The minimum absolute atomic E-state index is 0. The monoisotopic (exact) mass is 493 g/mol. The number of aromatic nitrogens is 1. The summed E-state index contributed by atoms with van der Waals surface area (Å²) in [5, 5.41) is 6.27. The molecule has 0 atom stereocenters. The molecule has 6 nitrogen and oxygen atoms in total. The van der Waals surface area contributed by atoms with Gasteiger partial charge in [0.05, 0.1) is 18.1 Å². The minimum atomic E-state index is -0.400. The molecule has 1 aromatic carbocycles. The van der Waals surface area contributed by atoms with Crippen molar-refractivity contribution >= 4 is 53.1 Å². The molecule has 0 saturated carbocycles. The second-order valence-corrected chi connectivity index (χ2v) is 6.01. The van der Waals surface area contributed by atoms with E-state index < -0.39 is 5.82 Å². The molecular weight excluding hydrogens is 472 g/mol. The van der Waals surface area contributed by atoms with E-state index in [-0.39, 0.29) is 36.4 Å². The summed E-state index contributed by atoms with van der Waals surface area (Å²) in [7, 11) is 5.42. The first-order valence-corrected chi connectivity index (χ1v) is 8.04. The molecule has 0 saturated heterocycles. The quantitative estimate of drug-likeness (QED) is 0.382. The first-order chi connectivity index (χ1) is 11.9. The number of hydrogen-bond acceptors (Lipinski definition) is 2. The summed E-state index contributed by atoms with van der Waals surface area (Å²) >= 11 is 5.99. The van der Waals surface area contributed by atoms with E-state index in [0.29, 0.717) is 23.2 Å². The number of nitrogens with zero attached hydrogens (tertiary/aromatic N) is 3. The van der Waals surface area contributed by atoms with Gasteiger partial charge in [0, 0.05) is 38.7 Å². The molecule has 142 valence electrons. The van der Waals surface area contributed by atoms with E-state index in [1.165, 1.54) is 18.2 Å². The van der Waals surface area contributed by atoms with Gasteiger partial charge in [-0.25, -0.2) is 4.39 Å². The lowest BCUT2D eigenvalue weighted by molar-refractivity contribution is -0.115. The highest BCUT2D eigenvalue weighted by molar-refractivity contribution is 14.0. The third-order valence-electron chi connectivity index (χ3n) is 3.56. The van der Waals surface area contributed by atoms with Crippen molar-refractivity contribution in [2.24, 2.45) is 12.0 Å². The molecule has 0 aliphatic heterocycles. The van der Waals surface area contributed by atoms with Gasteiger partial charge in [0.1, 0.15) is 5.82 Å². The second-order valence-electron chi connectivity index (χ2n) is 5.58. The molecule has 1 heterocycles. The SMILES string of the molecule is CN=C(NCC(=O)Nc1cccc(F)c1)N(C)Cc1cc(Cl)cn1C.I. The third-order valence-corrected chi connectivity index (χ3v) is 3.77.